The molecule has 0 saturated carbocycles. The lowest BCUT2D eigenvalue weighted by Crippen LogP contribution is -2.12. The van der Waals surface area contributed by atoms with Crippen LogP contribution in [0.2, 0.25) is 0 Å². The minimum Gasteiger partial charge on any atom is -0.493 e. The van der Waals surface area contributed by atoms with Crippen LogP contribution in [0.5, 0.6) is 5.75 Å². The molecule has 0 aromatic heterocycles. The van der Waals surface area contributed by atoms with Crippen molar-refractivity contribution in [3.63, 3.8) is 0 Å². The van der Waals surface area contributed by atoms with E-state index in [9.17, 15) is 22.8 Å². The quantitative estimate of drug-likeness (QED) is 0.617. The number of benzene rings is 1. The number of carbonyl (C=O) groups is 2. The molecule has 6 heteroatoms. The maximum Gasteiger partial charge on any atom is 0.417 e. The van der Waals surface area contributed by atoms with Gasteiger partial charge >= 0.3 is 6.18 Å². The van der Waals surface area contributed by atoms with Crippen LogP contribution in [0.4, 0.5) is 13.2 Å². The molecule has 0 heterocycles. The zero-order valence-electron chi connectivity index (χ0n) is 9.80. The lowest BCUT2D eigenvalue weighted by atomic mass is 10.0. The predicted molar refractivity (Wildman–Crippen MR) is 58.0 cm³/mol. The molecule has 1 aromatic carbocycles. The van der Waals surface area contributed by atoms with E-state index in [1.807, 2.05) is 0 Å². The highest BCUT2D eigenvalue weighted by molar-refractivity contribution is 5.98. The van der Waals surface area contributed by atoms with Crippen molar-refractivity contribution >= 4 is 12.1 Å². The number of alkyl halides is 3. The van der Waals surface area contributed by atoms with Crippen molar-refractivity contribution in [1.29, 1.82) is 0 Å². The van der Waals surface area contributed by atoms with Crippen LogP contribution in [0.1, 0.15) is 40.1 Å². The average molecular weight is 260 g/mol. The lowest BCUT2D eigenvalue weighted by Gasteiger charge is -2.14. The summed E-state index contributed by atoms with van der Waals surface area (Å²) in [7, 11) is 0. The van der Waals surface area contributed by atoms with Gasteiger partial charge in [0.1, 0.15) is 5.75 Å². The molecule has 3 nitrogen and oxygen atoms in total. The van der Waals surface area contributed by atoms with Gasteiger partial charge in [0.05, 0.1) is 17.7 Å². The van der Waals surface area contributed by atoms with E-state index >= 15 is 0 Å². The van der Waals surface area contributed by atoms with Crippen LogP contribution >= 0.6 is 0 Å². The van der Waals surface area contributed by atoms with Crippen molar-refractivity contribution in [1.82, 2.24) is 0 Å². The summed E-state index contributed by atoms with van der Waals surface area (Å²) in [6.07, 6.45) is -4.59. The summed E-state index contributed by atoms with van der Waals surface area (Å²) in [4.78, 5) is 22.0. The molecular formula is C12H11F3O3. The highest BCUT2D eigenvalue weighted by Crippen LogP contribution is 2.35. The molecule has 0 fully saturated rings. The Hall–Kier alpha value is -1.85. The number of ketones is 1. The van der Waals surface area contributed by atoms with Crippen LogP contribution in [0.15, 0.2) is 12.1 Å². The first kappa shape index (κ1) is 14.2. The van der Waals surface area contributed by atoms with Crippen LogP contribution in [-0.4, -0.2) is 18.7 Å². The Labute approximate surface area is 102 Å². The third kappa shape index (κ3) is 2.88. The molecule has 0 aliphatic heterocycles. The van der Waals surface area contributed by atoms with Crippen molar-refractivity contribution in [2.75, 3.05) is 6.61 Å². The zero-order valence-corrected chi connectivity index (χ0v) is 9.80. The Morgan fingerprint density at radius 2 is 2.00 bits per heavy atom. The molecular weight excluding hydrogens is 249 g/mol. The number of hydrogen-bond acceptors (Lipinski definition) is 3. The van der Waals surface area contributed by atoms with Gasteiger partial charge < -0.3 is 4.74 Å². The Kier molecular flexibility index (Phi) is 4.11. The van der Waals surface area contributed by atoms with Gasteiger partial charge in [-0.1, -0.05) is 0 Å². The molecule has 0 aliphatic rings. The predicted octanol–water partition coefficient (Wildman–Crippen LogP) is 3.12. The van der Waals surface area contributed by atoms with E-state index in [1.54, 1.807) is 6.92 Å². The van der Waals surface area contributed by atoms with Crippen LogP contribution in [0.3, 0.4) is 0 Å². The molecule has 0 radical (unpaired) electrons. The van der Waals surface area contributed by atoms with Crippen LogP contribution in [0.25, 0.3) is 0 Å². The number of rotatable bonds is 4. The standard InChI is InChI=1S/C12H11F3O3/c1-3-18-11-5-10(12(13,14)15)8(6-16)4-9(11)7(2)17/h4-6H,3H2,1-2H3. The Morgan fingerprint density at radius 1 is 1.39 bits per heavy atom. The molecule has 0 bridgehead atoms. The molecule has 0 aliphatic carbocycles. The average Bonchev–Trinajstić information content (AvgIpc) is 2.27. The van der Waals surface area contributed by atoms with Crippen LogP contribution in [0, 0.1) is 0 Å². The van der Waals surface area contributed by atoms with Crippen LogP contribution < -0.4 is 4.74 Å². The van der Waals surface area contributed by atoms with Gasteiger partial charge in [-0.2, -0.15) is 13.2 Å². The summed E-state index contributed by atoms with van der Waals surface area (Å²) < 4.78 is 43.1. The first-order valence-electron chi connectivity index (χ1n) is 5.15. The van der Waals surface area contributed by atoms with Gasteiger partial charge in [0, 0.05) is 5.56 Å². The summed E-state index contributed by atoms with van der Waals surface area (Å²) in [5.74, 6) is -0.627. The highest BCUT2D eigenvalue weighted by atomic mass is 19.4. The number of halogens is 3. The van der Waals surface area contributed by atoms with Crippen molar-refractivity contribution in [3.8, 4) is 5.75 Å². The smallest absolute Gasteiger partial charge is 0.417 e. The Morgan fingerprint density at radius 3 is 2.39 bits per heavy atom. The number of Topliss-reactive ketones (excluding diaryl/α,β-unsaturated/α-hetero) is 1. The monoisotopic (exact) mass is 260 g/mol. The first-order valence-corrected chi connectivity index (χ1v) is 5.15. The van der Waals surface area contributed by atoms with E-state index in [0.717, 1.165) is 6.07 Å². The molecule has 0 amide bonds. The second-order valence-electron chi connectivity index (χ2n) is 3.54. The topological polar surface area (TPSA) is 43.4 Å². The van der Waals surface area contributed by atoms with E-state index in [2.05, 4.69) is 0 Å². The molecule has 0 N–H and O–H groups in total. The molecule has 0 saturated heterocycles. The first-order chi connectivity index (χ1) is 8.31. The van der Waals surface area contributed by atoms with Crippen molar-refractivity contribution in [3.05, 3.63) is 28.8 Å². The molecule has 1 rings (SSSR count). The van der Waals surface area contributed by atoms with E-state index in [1.165, 1.54) is 6.92 Å². The second kappa shape index (κ2) is 5.20. The number of ether oxygens (including phenoxy) is 1. The normalized spacial score (nSPS) is 11.2. The molecule has 0 atom stereocenters. The highest BCUT2D eigenvalue weighted by Gasteiger charge is 2.35. The van der Waals surface area contributed by atoms with E-state index in [4.69, 9.17) is 4.74 Å². The summed E-state index contributed by atoms with van der Waals surface area (Å²) in [5.41, 5.74) is -1.71. The second-order valence-corrected chi connectivity index (χ2v) is 3.54. The summed E-state index contributed by atoms with van der Waals surface area (Å²) in [5, 5.41) is 0. The Balaban J connectivity index is 3.51. The van der Waals surface area contributed by atoms with Gasteiger partial charge in [-0.25, -0.2) is 0 Å². The molecule has 0 spiro atoms. The fourth-order valence-electron chi connectivity index (χ4n) is 1.49. The van der Waals surface area contributed by atoms with Gasteiger partial charge in [-0.15, -0.1) is 0 Å². The van der Waals surface area contributed by atoms with Gasteiger partial charge in [0.2, 0.25) is 0 Å². The summed E-state index contributed by atoms with van der Waals surface area (Å²) in [6, 6.07) is 1.59. The minimum atomic E-state index is -4.67. The van der Waals surface area contributed by atoms with Gasteiger partial charge in [0.25, 0.3) is 0 Å². The number of hydrogen-bond donors (Lipinski definition) is 0. The van der Waals surface area contributed by atoms with E-state index in [-0.39, 0.29) is 24.2 Å². The molecule has 1 aromatic rings. The fourth-order valence-corrected chi connectivity index (χ4v) is 1.49. The maximum absolute atomic E-state index is 12.7. The molecule has 18 heavy (non-hydrogen) atoms. The van der Waals surface area contributed by atoms with Gasteiger partial charge in [-0.3, -0.25) is 9.59 Å². The van der Waals surface area contributed by atoms with Gasteiger partial charge in [-0.05, 0) is 26.0 Å². The fraction of sp³-hybridized carbons (Fsp3) is 0.333. The van der Waals surface area contributed by atoms with Crippen molar-refractivity contribution in [2.45, 2.75) is 20.0 Å². The number of carbonyl (C=O) groups excluding carboxylic acids is 2. The summed E-state index contributed by atoms with van der Waals surface area (Å²) >= 11 is 0. The number of aldehydes is 1. The largest absolute Gasteiger partial charge is 0.493 e. The van der Waals surface area contributed by atoms with Crippen molar-refractivity contribution in [2.24, 2.45) is 0 Å². The minimum absolute atomic E-state index is 0.0352. The SMILES string of the molecule is CCOc1cc(C(F)(F)F)c(C=O)cc1C(C)=O. The molecule has 98 valence electrons. The summed E-state index contributed by atoms with van der Waals surface area (Å²) in [6.45, 7) is 2.91. The van der Waals surface area contributed by atoms with Crippen LogP contribution in [-0.2, 0) is 6.18 Å². The lowest BCUT2D eigenvalue weighted by molar-refractivity contribution is -0.137. The van der Waals surface area contributed by atoms with Crippen molar-refractivity contribution < 1.29 is 27.5 Å². The molecule has 0 unspecified atom stereocenters. The van der Waals surface area contributed by atoms with Gasteiger partial charge in [0.15, 0.2) is 12.1 Å². The zero-order chi connectivity index (χ0) is 13.9. The third-order valence-corrected chi connectivity index (χ3v) is 2.26. The van der Waals surface area contributed by atoms with E-state index < -0.39 is 23.1 Å². The Bertz CT molecular complexity index is 478. The third-order valence-electron chi connectivity index (χ3n) is 2.26. The maximum atomic E-state index is 12.7. The van der Waals surface area contributed by atoms with E-state index in [0.29, 0.717) is 6.07 Å².